The molecule has 22 heavy (non-hydrogen) atoms. The summed E-state index contributed by atoms with van der Waals surface area (Å²) in [5, 5.41) is 40.3. The maximum atomic E-state index is 11.6. The first-order chi connectivity index (χ1) is 10.4. The van der Waals surface area contributed by atoms with Crippen molar-refractivity contribution in [2.45, 2.75) is 37.6 Å². The second-order valence-electron chi connectivity index (χ2n) is 4.84. The van der Waals surface area contributed by atoms with Gasteiger partial charge in [-0.3, -0.25) is 9.59 Å². The summed E-state index contributed by atoms with van der Waals surface area (Å²) in [4.78, 5) is 22.2. The molecule has 0 saturated carbocycles. The number of carbonyl (C=O) groups excluding carboxylic acids is 2. The van der Waals surface area contributed by atoms with Gasteiger partial charge in [-0.25, -0.2) is 0 Å². The van der Waals surface area contributed by atoms with E-state index in [4.69, 9.17) is 19.3 Å². The fourth-order valence-electron chi connectivity index (χ4n) is 1.86. The number of rotatable bonds is 8. The van der Waals surface area contributed by atoms with Crippen molar-refractivity contribution >= 4 is 11.7 Å². The van der Waals surface area contributed by atoms with Gasteiger partial charge < -0.3 is 40.0 Å². The summed E-state index contributed by atoms with van der Waals surface area (Å²) < 4.78 is 14.5. The second-order valence-corrected chi connectivity index (χ2v) is 4.84. The highest BCUT2D eigenvalue weighted by Gasteiger charge is 2.44. The van der Waals surface area contributed by atoms with E-state index in [0.717, 1.165) is 0 Å². The monoisotopic (exact) mass is 323 g/mol. The normalized spacial score (nSPS) is 31.8. The van der Waals surface area contributed by atoms with Gasteiger partial charge in [-0.1, -0.05) is 0 Å². The van der Waals surface area contributed by atoms with Crippen molar-refractivity contribution in [2.75, 3.05) is 26.6 Å². The summed E-state index contributed by atoms with van der Waals surface area (Å²) in [6, 6.07) is -1.27. The van der Waals surface area contributed by atoms with Crippen molar-refractivity contribution in [1.29, 1.82) is 0 Å². The molecule has 0 aromatic rings. The minimum absolute atomic E-state index is 0.135. The van der Waals surface area contributed by atoms with E-state index < -0.39 is 49.8 Å². The number of Topliss-reactive ketones (excluding diaryl/α,β-unsaturated/α-hetero) is 1. The summed E-state index contributed by atoms with van der Waals surface area (Å²) in [5.74, 6) is -0.876. The van der Waals surface area contributed by atoms with Gasteiger partial charge in [-0.15, -0.1) is 0 Å². The van der Waals surface area contributed by atoms with Crippen LogP contribution in [0.4, 0.5) is 0 Å². The number of hydrogen-bond acceptors (Lipinski definition) is 9. The lowest BCUT2D eigenvalue weighted by Crippen LogP contribution is -2.64. The summed E-state index contributed by atoms with van der Waals surface area (Å²) in [6.07, 6.45) is -5.71. The molecule has 0 aromatic heterocycles. The molecule has 1 fully saturated rings. The van der Waals surface area contributed by atoms with Crippen LogP contribution in [0.25, 0.3) is 0 Å². The summed E-state index contributed by atoms with van der Waals surface area (Å²) in [6.45, 7) is -0.0951. The van der Waals surface area contributed by atoms with Crippen LogP contribution in [0.1, 0.15) is 6.92 Å². The average Bonchev–Trinajstić information content (AvgIpc) is 2.46. The van der Waals surface area contributed by atoms with Gasteiger partial charge in [0.15, 0.2) is 12.1 Å². The molecule has 5 unspecified atom stereocenters. The van der Waals surface area contributed by atoms with E-state index in [-0.39, 0.29) is 19.2 Å². The lowest BCUT2D eigenvalue weighted by atomic mass is 9.97. The fraction of sp³-hybridized carbons (Fsp3) is 0.833. The number of hydrogen-bond donors (Lipinski definition) is 5. The fourth-order valence-corrected chi connectivity index (χ4v) is 1.86. The van der Waals surface area contributed by atoms with Crippen LogP contribution in [0, 0.1) is 0 Å². The predicted octanol–water partition coefficient (Wildman–Crippen LogP) is -3.52. The van der Waals surface area contributed by atoms with Gasteiger partial charge >= 0.3 is 0 Å². The number of ketones is 1. The minimum Gasteiger partial charge on any atom is -0.394 e. The van der Waals surface area contributed by atoms with Gasteiger partial charge in [0.05, 0.1) is 6.61 Å². The van der Waals surface area contributed by atoms with Crippen molar-refractivity contribution in [3.05, 3.63) is 0 Å². The van der Waals surface area contributed by atoms with Crippen LogP contribution >= 0.6 is 0 Å². The molecule has 1 aliphatic heterocycles. The van der Waals surface area contributed by atoms with Gasteiger partial charge in [-0.05, 0) is 6.92 Å². The summed E-state index contributed by atoms with van der Waals surface area (Å²) >= 11 is 0. The van der Waals surface area contributed by atoms with E-state index in [1.54, 1.807) is 0 Å². The molecule has 1 rings (SSSR count). The molecule has 5 atom stereocenters. The first-order valence-electron chi connectivity index (χ1n) is 6.61. The molecule has 1 amide bonds. The van der Waals surface area contributed by atoms with Crippen LogP contribution in [0.2, 0.25) is 0 Å². The van der Waals surface area contributed by atoms with Crippen LogP contribution in [-0.2, 0) is 23.8 Å². The molecule has 10 heteroatoms. The van der Waals surface area contributed by atoms with E-state index in [0.29, 0.717) is 0 Å². The zero-order valence-electron chi connectivity index (χ0n) is 12.0. The molecule has 5 N–H and O–H groups in total. The average molecular weight is 323 g/mol. The number of aliphatic hydroxyl groups is 4. The molecule has 1 heterocycles. The molecule has 0 aliphatic carbocycles. The Morgan fingerprint density at radius 2 is 1.77 bits per heavy atom. The SMILES string of the molecule is CC(=O)COCOCC(=O)NC1C(O)OC(CO)C(O)C1O. The largest absolute Gasteiger partial charge is 0.394 e. The zero-order chi connectivity index (χ0) is 16.7. The van der Waals surface area contributed by atoms with Crippen molar-refractivity contribution < 1.29 is 44.2 Å². The highest BCUT2D eigenvalue weighted by molar-refractivity contribution is 5.77. The van der Waals surface area contributed by atoms with Gasteiger partial charge in [0.25, 0.3) is 0 Å². The minimum atomic E-state index is -1.59. The van der Waals surface area contributed by atoms with Gasteiger partial charge in [0, 0.05) is 0 Å². The molecule has 0 radical (unpaired) electrons. The molecular formula is C12H21NO9. The van der Waals surface area contributed by atoms with E-state index in [1.807, 2.05) is 0 Å². The predicted molar refractivity (Wildman–Crippen MR) is 69.4 cm³/mol. The van der Waals surface area contributed by atoms with Crippen LogP contribution in [0.15, 0.2) is 0 Å². The lowest BCUT2D eigenvalue weighted by Gasteiger charge is -2.40. The Morgan fingerprint density at radius 3 is 2.36 bits per heavy atom. The summed E-state index contributed by atoms with van der Waals surface area (Å²) in [7, 11) is 0. The van der Waals surface area contributed by atoms with Gasteiger partial charge in [0.1, 0.15) is 44.4 Å². The van der Waals surface area contributed by atoms with Crippen LogP contribution in [0.5, 0.6) is 0 Å². The Kier molecular flexibility index (Phi) is 7.82. The maximum Gasteiger partial charge on any atom is 0.246 e. The Morgan fingerprint density at radius 1 is 1.14 bits per heavy atom. The Bertz CT molecular complexity index is 378. The van der Waals surface area contributed by atoms with Crippen molar-refractivity contribution in [2.24, 2.45) is 0 Å². The van der Waals surface area contributed by atoms with Crippen molar-refractivity contribution in [3.8, 4) is 0 Å². The maximum absolute atomic E-state index is 11.6. The third kappa shape index (κ3) is 5.57. The van der Waals surface area contributed by atoms with Crippen LogP contribution < -0.4 is 5.32 Å². The molecule has 0 spiro atoms. The summed E-state index contributed by atoms with van der Waals surface area (Å²) in [5.41, 5.74) is 0. The molecule has 1 saturated heterocycles. The third-order valence-electron chi connectivity index (χ3n) is 2.93. The first-order valence-corrected chi connectivity index (χ1v) is 6.61. The van der Waals surface area contributed by atoms with E-state index in [2.05, 4.69) is 5.32 Å². The molecule has 10 nitrogen and oxygen atoms in total. The molecule has 128 valence electrons. The number of carbonyl (C=O) groups is 2. The third-order valence-corrected chi connectivity index (χ3v) is 2.93. The van der Waals surface area contributed by atoms with Crippen molar-refractivity contribution in [1.82, 2.24) is 5.32 Å². The van der Waals surface area contributed by atoms with Crippen LogP contribution in [-0.4, -0.2) is 89.4 Å². The Balaban J connectivity index is 2.35. The Labute approximate surface area is 126 Å². The number of ether oxygens (including phenoxy) is 3. The number of amides is 1. The smallest absolute Gasteiger partial charge is 0.246 e. The molecular weight excluding hydrogens is 302 g/mol. The number of aliphatic hydroxyl groups excluding tert-OH is 4. The first kappa shape index (κ1) is 18.9. The topological polar surface area (TPSA) is 155 Å². The van der Waals surface area contributed by atoms with E-state index in [1.165, 1.54) is 6.92 Å². The zero-order valence-corrected chi connectivity index (χ0v) is 12.0. The molecule has 1 aliphatic rings. The van der Waals surface area contributed by atoms with Gasteiger partial charge in [0.2, 0.25) is 5.91 Å². The van der Waals surface area contributed by atoms with Gasteiger partial charge in [-0.2, -0.15) is 0 Å². The van der Waals surface area contributed by atoms with Crippen molar-refractivity contribution in [3.63, 3.8) is 0 Å². The second kappa shape index (κ2) is 9.10. The highest BCUT2D eigenvalue weighted by atomic mass is 16.7. The standard InChI is InChI=1S/C12H21NO9/c1-6(15)3-20-5-21-4-8(16)13-9-11(18)10(17)7(2-14)22-12(9)19/h7,9-12,14,17-19H,2-5H2,1H3,(H,13,16). The Hall–Kier alpha value is -1.14. The van der Waals surface area contributed by atoms with Crippen LogP contribution in [0.3, 0.4) is 0 Å². The molecule has 0 bridgehead atoms. The van der Waals surface area contributed by atoms with E-state index >= 15 is 0 Å². The lowest BCUT2D eigenvalue weighted by molar-refractivity contribution is -0.254. The quantitative estimate of drug-likeness (QED) is 0.226. The van der Waals surface area contributed by atoms with E-state index in [9.17, 15) is 24.9 Å². The number of nitrogens with one attached hydrogen (secondary N) is 1. The highest BCUT2D eigenvalue weighted by Crippen LogP contribution is 2.19. The molecule has 0 aromatic carbocycles.